The summed E-state index contributed by atoms with van der Waals surface area (Å²) in [7, 11) is 1.74. The molecule has 0 bridgehead atoms. The third-order valence-electron chi connectivity index (χ3n) is 2.66. The second kappa shape index (κ2) is 6.81. The van der Waals surface area contributed by atoms with E-state index in [1.165, 1.54) is 18.2 Å². The molecular weight excluding hydrogens is 341 g/mol. The second-order valence-electron chi connectivity index (χ2n) is 4.31. The predicted octanol–water partition coefficient (Wildman–Crippen LogP) is 4.32. The van der Waals surface area contributed by atoms with Crippen LogP contribution in [0.3, 0.4) is 0 Å². The van der Waals surface area contributed by atoms with Crippen molar-refractivity contribution >= 4 is 39.2 Å². The lowest BCUT2D eigenvalue weighted by Gasteiger charge is -2.13. The fourth-order valence-electron chi connectivity index (χ4n) is 1.65. The van der Waals surface area contributed by atoms with Crippen molar-refractivity contribution < 1.29 is 9.18 Å². The molecule has 104 valence electrons. The lowest BCUT2D eigenvalue weighted by Crippen LogP contribution is -2.23. The van der Waals surface area contributed by atoms with Crippen LogP contribution in [0.25, 0.3) is 6.08 Å². The lowest BCUT2D eigenvalue weighted by atomic mass is 10.2. The Labute approximate surface area is 129 Å². The molecule has 0 unspecified atom stereocenters. The van der Waals surface area contributed by atoms with Crippen molar-refractivity contribution in [1.29, 1.82) is 0 Å². The van der Waals surface area contributed by atoms with Gasteiger partial charge in [-0.3, -0.25) is 4.79 Å². The van der Waals surface area contributed by atoms with Crippen molar-refractivity contribution in [2.45, 2.75) is 6.54 Å². The van der Waals surface area contributed by atoms with Gasteiger partial charge in [0.15, 0.2) is 0 Å². The lowest BCUT2D eigenvalue weighted by molar-refractivity contribution is -0.125. The summed E-state index contributed by atoms with van der Waals surface area (Å²) in [5.74, 6) is -0.421. The van der Waals surface area contributed by atoms with Gasteiger partial charge in [0, 0.05) is 27.9 Å². The van der Waals surface area contributed by atoms with E-state index in [0.29, 0.717) is 12.1 Å². The van der Waals surface area contributed by atoms with Gasteiger partial charge in [0.25, 0.3) is 0 Å². The Morgan fingerprint density at radius 1 is 1.45 bits per heavy atom. The highest BCUT2D eigenvalue weighted by molar-refractivity contribution is 9.10. The third kappa shape index (κ3) is 4.28. The van der Waals surface area contributed by atoms with E-state index in [1.807, 2.05) is 11.4 Å². The van der Waals surface area contributed by atoms with Crippen LogP contribution in [-0.2, 0) is 11.3 Å². The van der Waals surface area contributed by atoms with Gasteiger partial charge in [-0.15, -0.1) is 11.3 Å². The van der Waals surface area contributed by atoms with Gasteiger partial charge in [0.05, 0.1) is 6.54 Å². The van der Waals surface area contributed by atoms with Gasteiger partial charge in [-0.05, 0) is 45.8 Å². The Morgan fingerprint density at radius 3 is 2.90 bits per heavy atom. The molecule has 20 heavy (non-hydrogen) atoms. The number of carbonyl (C=O) groups excluding carboxylic acids is 1. The molecule has 1 amide bonds. The number of hydrogen-bond donors (Lipinski definition) is 0. The number of likely N-dealkylation sites (N-methyl/N-ethyl adjacent to an activating group) is 1. The molecule has 2 nitrogen and oxygen atoms in total. The molecule has 0 N–H and O–H groups in total. The van der Waals surface area contributed by atoms with Crippen molar-refractivity contribution in [3.8, 4) is 0 Å². The van der Waals surface area contributed by atoms with Crippen molar-refractivity contribution in [2.24, 2.45) is 0 Å². The molecule has 0 fully saturated rings. The van der Waals surface area contributed by atoms with E-state index in [2.05, 4.69) is 15.9 Å². The Balaban J connectivity index is 1.97. The summed E-state index contributed by atoms with van der Waals surface area (Å²) in [5, 5.41) is 1.98. The summed E-state index contributed by atoms with van der Waals surface area (Å²) in [6, 6.07) is 8.13. The summed E-state index contributed by atoms with van der Waals surface area (Å²) in [6.45, 7) is 0.558. The molecular formula is C15H13BrFNOS. The molecule has 0 radical (unpaired) electrons. The maximum absolute atomic E-state index is 13.0. The highest BCUT2D eigenvalue weighted by Gasteiger charge is 2.07. The molecule has 1 aromatic carbocycles. The minimum Gasteiger partial charge on any atom is -0.337 e. The van der Waals surface area contributed by atoms with Crippen molar-refractivity contribution in [1.82, 2.24) is 4.90 Å². The first-order chi connectivity index (χ1) is 9.54. The first-order valence-electron chi connectivity index (χ1n) is 5.96. The smallest absolute Gasteiger partial charge is 0.246 e. The van der Waals surface area contributed by atoms with E-state index in [1.54, 1.807) is 41.5 Å². The molecule has 1 heterocycles. The zero-order valence-electron chi connectivity index (χ0n) is 10.8. The number of hydrogen-bond acceptors (Lipinski definition) is 2. The van der Waals surface area contributed by atoms with Crippen LogP contribution in [0.5, 0.6) is 0 Å². The van der Waals surface area contributed by atoms with E-state index in [9.17, 15) is 9.18 Å². The maximum Gasteiger partial charge on any atom is 0.246 e. The van der Waals surface area contributed by atoms with E-state index in [-0.39, 0.29) is 11.7 Å². The van der Waals surface area contributed by atoms with E-state index < -0.39 is 0 Å². The summed E-state index contributed by atoms with van der Waals surface area (Å²) in [6.07, 6.45) is 3.07. The van der Waals surface area contributed by atoms with Gasteiger partial charge in [-0.1, -0.05) is 12.1 Å². The SMILES string of the molecule is CN(Cc1cc(Br)cs1)C(=O)/C=C/c1cccc(F)c1. The van der Waals surface area contributed by atoms with Crippen LogP contribution in [0.15, 0.2) is 46.3 Å². The van der Waals surface area contributed by atoms with Crippen LogP contribution >= 0.6 is 27.3 Å². The summed E-state index contributed by atoms with van der Waals surface area (Å²) in [4.78, 5) is 14.7. The fraction of sp³-hybridized carbons (Fsp3) is 0.133. The number of rotatable bonds is 4. The second-order valence-corrected chi connectivity index (χ2v) is 6.23. The van der Waals surface area contributed by atoms with E-state index in [4.69, 9.17) is 0 Å². The van der Waals surface area contributed by atoms with Gasteiger partial charge < -0.3 is 4.90 Å². The molecule has 1 aromatic heterocycles. The van der Waals surface area contributed by atoms with Crippen LogP contribution < -0.4 is 0 Å². The molecule has 0 aliphatic heterocycles. The first kappa shape index (κ1) is 14.9. The average Bonchev–Trinajstić information content (AvgIpc) is 2.81. The number of thiophene rings is 1. The van der Waals surface area contributed by atoms with Gasteiger partial charge in [0.2, 0.25) is 5.91 Å². The number of halogens is 2. The zero-order chi connectivity index (χ0) is 14.5. The Kier molecular flexibility index (Phi) is 5.09. The fourth-order valence-corrected chi connectivity index (χ4v) is 3.16. The molecule has 2 rings (SSSR count). The molecule has 0 aliphatic rings. The Bertz CT molecular complexity index is 638. The van der Waals surface area contributed by atoms with Crippen molar-refractivity contribution in [2.75, 3.05) is 7.05 Å². The minimum atomic E-state index is -0.309. The van der Waals surface area contributed by atoms with Crippen LogP contribution in [0.1, 0.15) is 10.4 Å². The average molecular weight is 354 g/mol. The van der Waals surface area contributed by atoms with Crippen molar-refractivity contribution in [3.05, 3.63) is 62.5 Å². The number of amides is 1. The minimum absolute atomic E-state index is 0.112. The van der Waals surface area contributed by atoms with Gasteiger partial charge >= 0.3 is 0 Å². The largest absolute Gasteiger partial charge is 0.337 e. The quantitative estimate of drug-likeness (QED) is 0.749. The number of carbonyl (C=O) groups is 1. The summed E-state index contributed by atoms with van der Waals surface area (Å²) >= 11 is 4.98. The van der Waals surface area contributed by atoms with E-state index >= 15 is 0 Å². The van der Waals surface area contributed by atoms with E-state index in [0.717, 1.165) is 9.35 Å². The van der Waals surface area contributed by atoms with Crippen LogP contribution in [-0.4, -0.2) is 17.9 Å². The molecule has 0 saturated heterocycles. The Morgan fingerprint density at radius 2 is 2.25 bits per heavy atom. The highest BCUT2D eigenvalue weighted by atomic mass is 79.9. The normalized spacial score (nSPS) is 10.9. The van der Waals surface area contributed by atoms with Crippen LogP contribution in [0, 0.1) is 5.82 Å². The summed E-state index contributed by atoms with van der Waals surface area (Å²) < 4.78 is 14.0. The molecule has 5 heteroatoms. The third-order valence-corrected chi connectivity index (χ3v) is 4.34. The standard InChI is InChI=1S/C15H13BrFNOS/c1-18(9-14-8-12(16)10-20-14)15(19)6-5-11-3-2-4-13(17)7-11/h2-8,10H,9H2,1H3/b6-5+. The molecule has 0 atom stereocenters. The molecule has 0 saturated carbocycles. The Hall–Kier alpha value is -1.46. The topological polar surface area (TPSA) is 20.3 Å². The van der Waals surface area contributed by atoms with Crippen LogP contribution in [0.2, 0.25) is 0 Å². The van der Waals surface area contributed by atoms with Crippen molar-refractivity contribution in [3.63, 3.8) is 0 Å². The van der Waals surface area contributed by atoms with Crippen LogP contribution in [0.4, 0.5) is 4.39 Å². The molecule has 2 aromatic rings. The highest BCUT2D eigenvalue weighted by Crippen LogP contribution is 2.20. The summed E-state index contributed by atoms with van der Waals surface area (Å²) in [5.41, 5.74) is 0.672. The first-order valence-corrected chi connectivity index (χ1v) is 7.63. The maximum atomic E-state index is 13.0. The molecule has 0 aliphatic carbocycles. The van der Waals surface area contributed by atoms with Gasteiger partial charge in [-0.25, -0.2) is 4.39 Å². The monoisotopic (exact) mass is 353 g/mol. The number of benzene rings is 1. The predicted molar refractivity (Wildman–Crippen MR) is 83.9 cm³/mol. The number of nitrogens with zero attached hydrogens (tertiary/aromatic N) is 1. The molecule has 0 spiro atoms. The zero-order valence-corrected chi connectivity index (χ0v) is 13.2. The van der Waals surface area contributed by atoms with Gasteiger partial charge in [0.1, 0.15) is 5.82 Å². The van der Waals surface area contributed by atoms with Gasteiger partial charge in [-0.2, -0.15) is 0 Å².